The molecule has 0 unspecified atom stereocenters. The zero-order valence-electron chi connectivity index (χ0n) is 13.0. The highest BCUT2D eigenvalue weighted by Gasteiger charge is 2.13. The number of benzene rings is 3. The minimum Gasteiger partial charge on any atom is -0.341 e. The molecule has 1 heterocycles. The van der Waals surface area contributed by atoms with E-state index in [1.165, 1.54) is 16.4 Å². The first-order valence-electron chi connectivity index (χ1n) is 7.90. The summed E-state index contributed by atoms with van der Waals surface area (Å²) in [4.78, 5) is 12.7. The van der Waals surface area contributed by atoms with Crippen molar-refractivity contribution in [3.05, 3.63) is 83.9 Å². The molecule has 2 heteroatoms. The largest absolute Gasteiger partial charge is 0.341 e. The Morgan fingerprint density at radius 2 is 1.48 bits per heavy atom. The summed E-state index contributed by atoms with van der Waals surface area (Å²) in [5.41, 5.74) is 3.86. The Labute approximate surface area is 135 Å². The zero-order chi connectivity index (χ0) is 15.8. The molecule has 0 aliphatic carbocycles. The van der Waals surface area contributed by atoms with E-state index in [0.29, 0.717) is 0 Å². The summed E-state index contributed by atoms with van der Waals surface area (Å²) in [7, 11) is 0. The van der Waals surface area contributed by atoms with Crippen LogP contribution in [0.3, 0.4) is 0 Å². The lowest BCUT2D eigenvalue weighted by Gasteiger charge is -2.04. The molecule has 2 nitrogen and oxygen atoms in total. The molecule has 0 saturated carbocycles. The highest BCUT2D eigenvalue weighted by Crippen LogP contribution is 2.30. The molecule has 0 aliphatic heterocycles. The van der Waals surface area contributed by atoms with E-state index in [9.17, 15) is 4.79 Å². The van der Waals surface area contributed by atoms with Crippen LogP contribution >= 0.6 is 0 Å². The van der Waals surface area contributed by atoms with Crippen LogP contribution in [0.2, 0.25) is 0 Å². The highest BCUT2D eigenvalue weighted by molar-refractivity contribution is 6.14. The summed E-state index contributed by atoms with van der Waals surface area (Å²) in [6.07, 6.45) is 0. The lowest BCUT2D eigenvalue weighted by atomic mass is 10.0. The van der Waals surface area contributed by atoms with Crippen molar-refractivity contribution in [2.45, 2.75) is 13.5 Å². The van der Waals surface area contributed by atoms with E-state index >= 15 is 0 Å². The second-order valence-electron chi connectivity index (χ2n) is 5.69. The van der Waals surface area contributed by atoms with Gasteiger partial charge in [0.15, 0.2) is 5.78 Å². The number of nitrogens with zero attached hydrogens (tertiary/aromatic N) is 1. The molecular formula is C21H17NO. The van der Waals surface area contributed by atoms with Crippen LogP contribution in [0, 0.1) is 0 Å². The minimum absolute atomic E-state index is 0.0702. The summed E-state index contributed by atoms with van der Waals surface area (Å²) in [6.45, 7) is 3.06. The molecule has 0 bridgehead atoms. The van der Waals surface area contributed by atoms with Gasteiger partial charge in [-0.3, -0.25) is 4.79 Å². The van der Waals surface area contributed by atoms with Crippen molar-refractivity contribution < 1.29 is 4.79 Å². The highest BCUT2D eigenvalue weighted by atomic mass is 16.1. The number of hydrogen-bond acceptors (Lipinski definition) is 1. The lowest BCUT2D eigenvalue weighted by Crippen LogP contribution is -2.01. The maximum absolute atomic E-state index is 12.7. The fourth-order valence-electron chi connectivity index (χ4n) is 3.29. The molecule has 0 N–H and O–H groups in total. The Kier molecular flexibility index (Phi) is 3.23. The van der Waals surface area contributed by atoms with Gasteiger partial charge in [0.25, 0.3) is 0 Å². The molecule has 0 amide bonds. The third-order valence-corrected chi connectivity index (χ3v) is 4.39. The summed E-state index contributed by atoms with van der Waals surface area (Å²) in [6, 6.07) is 23.8. The summed E-state index contributed by atoms with van der Waals surface area (Å²) in [5, 5.41) is 2.34. The van der Waals surface area contributed by atoms with Crippen LogP contribution in [0.25, 0.3) is 21.8 Å². The Bertz CT molecular complexity index is 1010. The van der Waals surface area contributed by atoms with Crippen molar-refractivity contribution >= 4 is 27.6 Å². The number of hydrogen-bond donors (Lipinski definition) is 0. The van der Waals surface area contributed by atoms with Crippen LogP contribution < -0.4 is 0 Å². The number of rotatable bonds is 3. The van der Waals surface area contributed by atoms with Gasteiger partial charge in [0.05, 0.1) is 0 Å². The van der Waals surface area contributed by atoms with E-state index < -0.39 is 0 Å². The number of para-hydroxylation sites is 1. The number of aryl methyl sites for hydroxylation is 1. The second kappa shape index (κ2) is 5.40. The first-order chi connectivity index (χ1) is 11.3. The SMILES string of the molecule is CCn1c2ccccc2c2cc(C(=O)c3ccccc3)ccc21. The van der Waals surface area contributed by atoms with Crippen molar-refractivity contribution in [2.24, 2.45) is 0 Å². The average molecular weight is 299 g/mol. The lowest BCUT2D eigenvalue weighted by molar-refractivity contribution is 0.103. The Hall–Kier alpha value is -2.87. The van der Waals surface area contributed by atoms with Crippen LogP contribution in [-0.2, 0) is 6.54 Å². The van der Waals surface area contributed by atoms with Gasteiger partial charge in [-0.25, -0.2) is 0 Å². The van der Waals surface area contributed by atoms with Crippen molar-refractivity contribution in [1.82, 2.24) is 4.57 Å². The van der Waals surface area contributed by atoms with Gasteiger partial charge in [-0.15, -0.1) is 0 Å². The fraction of sp³-hybridized carbons (Fsp3) is 0.0952. The fourth-order valence-corrected chi connectivity index (χ4v) is 3.29. The van der Waals surface area contributed by atoms with E-state index in [0.717, 1.165) is 23.1 Å². The molecule has 23 heavy (non-hydrogen) atoms. The van der Waals surface area contributed by atoms with E-state index in [1.54, 1.807) is 0 Å². The Balaban J connectivity index is 1.95. The molecule has 1 aromatic heterocycles. The number of carbonyl (C=O) groups excluding carboxylic acids is 1. The molecule has 0 aliphatic rings. The van der Waals surface area contributed by atoms with Gasteiger partial charge in [0.2, 0.25) is 0 Å². The van der Waals surface area contributed by atoms with Crippen LogP contribution in [0.4, 0.5) is 0 Å². The topological polar surface area (TPSA) is 22.0 Å². The number of carbonyl (C=O) groups is 1. The molecule has 0 radical (unpaired) electrons. The first-order valence-corrected chi connectivity index (χ1v) is 7.90. The van der Waals surface area contributed by atoms with Crippen molar-refractivity contribution in [1.29, 1.82) is 0 Å². The number of fused-ring (bicyclic) bond motifs is 3. The van der Waals surface area contributed by atoms with Crippen molar-refractivity contribution in [3.8, 4) is 0 Å². The maximum Gasteiger partial charge on any atom is 0.193 e. The second-order valence-corrected chi connectivity index (χ2v) is 5.69. The van der Waals surface area contributed by atoms with Crippen molar-refractivity contribution in [2.75, 3.05) is 0 Å². The average Bonchev–Trinajstić information content (AvgIpc) is 2.95. The zero-order valence-corrected chi connectivity index (χ0v) is 13.0. The van der Waals surface area contributed by atoms with E-state index in [-0.39, 0.29) is 5.78 Å². The summed E-state index contributed by atoms with van der Waals surface area (Å²) >= 11 is 0. The molecule has 3 aromatic carbocycles. The molecule has 0 spiro atoms. The molecule has 0 saturated heterocycles. The molecule has 4 rings (SSSR count). The van der Waals surface area contributed by atoms with Gasteiger partial charge in [0, 0.05) is 39.5 Å². The summed E-state index contributed by atoms with van der Waals surface area (Å²) in [5.74, 6) is 0.0702. The van der Waals surface area contributed by atoms with E-state index in [1.807, 2.05) is 48.5 Å². The van der Waals surface area contributed by atoms with Crippen LogP contribution in [-0.4, -0.2) is 10.4 Å². The molecular weight excluding hydrogens is 282 g/mol. The molecule has 4 aromatic rings. The maximum atomic E-state index is 12.7. The first kappa shape index (κ1) is 13.8. The Morgan fingerprint density at radius 3 is 2.26 bits per heavy atom. The number of ketones is 1. The molecule has 0 atom stereocenters. The van der Waals surface area contributed by atoms with Gasteiger partial charge in [-0.05, 0) is 31.2 Å². The van der Waals surface area contributed by atoms with E-state index in [2.05, 4.69) is 35.8 Å². The number of aromatic nitrogens is 1. The summed E-state index contributed by atoms with van der Waals surface area (Å²) < 4.78 is 2.29. The van der Waals surface area contributed by atoms with Gasteiger partial charge in [0.1, 0.15) is 0 Å². The predicted octanol–water partition coefficient (Wildman–Crippen LogP) is 5.05. The van der Waals surface area contributed by atoms with Gasteiger partial charge in [-0.2, -0.15) is 0 Å². The van der Waals surface area contributed by atoms with Gasteiger partial charge in [-0.1, -0.05) is 48.5 Å². The van der Waals surface area contributed by atoms with Crippen LogP contribution in [0.5, 0.6) is 0 Å². The van der Waals surface area contributed by atoms with Crippen molar-refractivity contribution in [3.63, 3.8) is 0 Å². The molecule has 112 valence electrons. The van der Waals surface area contributed by atoms with Crippen LogP contribution in [0.15, 0.2) is 72.8 Å². The third kappa shape index (κ3) is 2.15. The monoisotopic (exact) mass is 299 g/mol. The van der Waals surface area contributed by atoms with Gasteiger partial charge < -0.3 is 4.57 Å². The van der Waals surface area contributed by atoms with Crippen LogP contribution in [0.1, 0.15) is 22.8 Å². The molecule has 0 fully saturated rings. The standard InChI is InChI=1S/C21H17NO/c1-2-22-19-11-7-6-10-17(19)18-14-16(12-13-20(18)22)21(23)15-8-4-3-5-9-15/h3-14H,2H2,1H3. The Morgan fingerprint density at radius 1 is 0.783 bits per heavy atom. The third-order valence-electron chi connectivity index (χ3n) is 4.39. The normalized spacial score (nSPS) is 11.2. The predicted molar refractivity (Wildman–Crippen MR) is 95.0 cm³/mol. The smallest absolute Gasteiger partial charge is 0.193 e. The minimum atomic E-state index is 0.0702. The quantitative estimate of drug-likeness (QED) is 0.485. The van der Waals surface area contributed by atoms with E-state index in [4.69, 9.17) is 0 Å². The van der Waals surface area contributed by atoms with Gasteiger partial charge >= 0.3 is 0 Å².